The molecule has 0 aliphatic rings. The van der Waals surface area contributed by atoms with Crippen LogP contribution in [0.5, 0.6) is 0 Å². The smallest absolute Gasteiger partial charge is 0.0752 e. The van der Waals surface area contributed by atoms with Gasteiger partial charge in [-0.05, 0) is 19.1 Å². The van der Waals surface area contributed by atoms with Crippen molar-refractivity contribution in [1.82, 2.24) is 4.40 Å². The normalized spacial score (nSPS) is 10.7. The second-order valence-electron chi connectivity index (χ2n) is 3.44. The first-order valence-electron chi connectivity index (χ1n) is 4.36. The number of rotatable bonds is 1. The molecule has 0 aliphatic heterocycles. The quantitative estimate of drug-likeness (QED) is 0.641. The van der Waals surface area contributed by atoms with Crippen LogP contribution in [0, 0.1) is 13.1 Å². The zero-order valence-corrected chi connectivity index (χ0v) is 8.20. The highest BCUT2D eigenvalue weighted by Gasteiger charge is 2.07. The van der Waals surface area contributed by atoms with Crippen LogP contribution in [0.1, 0.15) is 5.56 Å². The summed E-state index contributed by atoms with van der Waals surface area (Å²) < 4.78 is 2.03. The van der Waals surface area contributed by atoms with E-state index in [1.807, 2.05) is 16.7 Å². The summed E-state index contributed by atoms with van der Waals surface area (Å²) in [6, 6.07) is 6.18. The van der Waals surface area contributed by atoms with Crippen LogP contribution in [-0.4, -0.2) is 18.5 Å². The van der Waals surface area contributed by atoms with Gasteiger partial charge in [0.05, 0.1) is 17.4 Å². The number of nitrogens with zero attached hydrogens (tertiary/aromatic N) is 2. The van der Waals surface area contributed by atoms with Crippen molar-refractivity contribution in [3.63, 3.8) is 0 Å². The molecule has 0 aliphatic carbocycles. The van der Waals surface area contributed by atoms with Crippen LogP contribution in [0.3, 0.4) is 0 Å². The maximum absolute atomic E-state index is 3.28. The molecule has 13 heavy (non-hydrogen) atoms. The summed E-state index contributed by atoms with van der Waals surface area (Å²) in [5.41, 5.74) is 3.65. The van der Waals surface area contributed by atoms with E-state index in [2.05, 4.69) is 44.2 Å². The topological polar surface area (TPSA) is 7.65 Å². The minimum absolute atomic E-state index is 1.19. The molecule has 0 bridgehead atoms. The van der Waals surface area contributed by atoms with Crippen molar-refractivity contribution in [2.75, 3.05) is 19.0 Å². The largest absolute Gasteiger partial charge is 0.376 e. The van der Waals surface area contributed by atoms with E-state index in [-0.39, 0.29) is 0 Å². The number of aryl methyl sites for hydroxylation is 1. The van der Waals surface area contributed by atoms with Crippen molar-refractivity contribution in [3.8, 4) is 0 Å². The average Bonchev–Trinajstić information content (AvgIpc) is 2.39. The number of pyridine rings is 1. The first-order valence-corrected chi connectivity index (χ1v) is 4.36. The number of anilines is 1. The van der Waals surface area contributed by atoms with Crippen LogP contribution in [-0.2, 0) is 0 Å². The Hall–Kier alpha value is -1.44. The predicted molar refractivity (Wildman–Crippen MR) is 55.3 cm³/mol. The number of hydrogen-bond acceptors (Lipinski definition) is 1. The lowest BCUT2D eigenvalue weighted by molar-refractivity contribution is 1.13. The zero-order chi connectivity index (χ0) is 9.42. The average molecular weight is 173 g/mol. The van der Waals surface area contributed by atoms with E-state index >= 15 is 0 Å². The van der Waals surface area contributed by atoms with Gasteiger partial charge < -0.3 is 9.30 Å². The Bertz CT molecular complexity index is 427. The molecule has 2 heteroatoms. The SMILES string of the molecule is Cc1[c]n2ccccc2c1N(C)C. The lowest BCUT2D eigenvalue weighted by Crippen LogP contribution is -2.09. The molecule has 2 heterocycles. The molecular weight excluding hydrogens is 160 g/mol. The molecule has 0 aromatic carbocycles. The summed E-state index contributed by atoms with van der Waals surface area (Å²) >= 11 is 0. The minimum Gasteiger partial charge on any atom is -0.376 e. The van der Waals surface area contributed by atoms with Gasteiger partial charge in [0, 0.05) is 25.9 Å². The highest BCUT2D eigenvalue weighted by Crippen LogP contribution is 2.25. The molecule has 0 unspecified atom stereocenters. The fraction of sp³-hybridized carbons (Fsp3) is 0.273. The van der Waals surface area contributed by atoms with E-state index in [1.54, 1.807) is 0 Å². The molecule has 2 rings (SSSR count). The molecule has 0 saturated carbocycles. The van der Waals surface area contributed by atoms with Gasteiger partial charge in [0.1, 0.15) is 0 Å². The molecule has 0 spiro atoms. The Balaban J connectivity index is 2.78. The van der Waals surface area contributed by atoms with Gasteiger partial charge in [0.25, 0.3) is 0 Å². The summed E-state index contributed by atoms with van der Waals surface area (Å²) in [5.74, 6) is 0. The maximum Gasteiger partial charge on any atom is 0.0752 e. The van der Waals surface area contributed by atoms with Crippen molar-refractivity contribution >= 4 is 11.2 Å². The summed E-state index contributed by atoms with van der Waals surface area (Å²) in [6.45, 7) is 2.09. The van der Waals surface area contributed by atoms with Crippen molar-refractivity contribution in [2.24, 2.45) is 0 Å². The monoisotopic (exact) mass is 173 g/mol. The van der Waals surface area contributed by atoms with Gasteiger partial charge in [0.15, 0.2) is 0 Å². The van der Waals surface area contributed by atoms with Crippen molar-refractivity contribution in [3.05, 3.63) is 36.2 Å². The van der Waals surface area contributed by atoms with Gasteiger partial charge >= 0.3 is 0 Å². The summed E-state index contributed by atoms with van der Waals surface area (Å²) in [5, 5.41) is 0. The first kappa shape index (κ1) is 8.17. The maximum atomic E-state index is 3.28. The van der Waals surface area contributed by atoms with Crippen LogP contribution < -0.4 is 4.90 Å². The van der Waals surface area contributed by atoms with Gasteiger partial charge in [0.2, 0.25) is 0 Å². The Morgan fingerprint density at radius 2 is 2.08 bits per heavy atom. The van der Waals surface area contributed by atoms with E-state index in [0.717, 1.165) is 0 Å². The molecule has 2 aromatic rings. The third-order valence-corrected chi connectivity index (χ3v) is 2.19. The fourth-order valence-electron chi connectivity index (χ4n) is 1.72. The van der Waals surface area contributed by atoms with E-state index < -0.39 is 0 Å². The summed E-state index contributed by atoms with van der Waals surface area (Å²) in [4.78, 5) is 2.13. The molecule has 0 N–H and O–H groups in total. The van der Waals surface area contributed by atoms with Crippen LogP contribution in [0.2, 0.25) is 0 Å². The first-order chi connectivity index (χ1) is 6.20. The van der Waals surface area contributed by atoms with Crippen molar-refractivity contribution in [2.45, 2.75) is 6.92 Å². The van der Waals surface area contributed by atoms with E-state index in [4.69, 9.17) is 0 Å². The van der Waals surface area contributed by atoms with Crippen molar-refractivity contribution < 1.29 is 0 Å². The Morgan fingerprint density at radius 3 is 2.77 bits per heavy atom. The van der Waals surface area contributed by atoms with Gasteiger partial charge in [-0.1, -0.05) is 6.07 Å². The Morgan fingerprint density at radius 1 is 1.31 bits per heavy atom. The lowest BCUT2D eigenvalue weighted by atomic mass is 10.2. The standard InChI is InChI=1S/C11H13N2/c1-9-8-13-7-5-4-6-10(13)11(9)12(2)3/h4-7H,1-3H3. The highest BCUT2D eigenvalue weighted by molar-refractivity contribution is 5.76. The van der Waals surface area contributed by atoms with Crippen LogP contribution in [0.4, 0.5) is 5.69 Å². The summed E-state index contributed by atoms with van der Waals surface area (Å²) in [7, 11) is 4.12. The second-order valence-corrected chi connectivity index (χ2v) is 3.44. The molecule has 0 amide bonds. The number of hydrogen-bond donors (Lipinski definition) is 0. The minimum atomic E-state index is 1.19. The van der Waals surface area contributed by atoms with E-state index in [9.17, 15) is 0 Å². The molecule has 0 saturated heterocycles. The molecule has 1 radical (unpaired) electrons. The Kier molecular flexibility index (Phi) is 1.76. The number of fused-ring (bicyclic) bond motifs is 1. The fourth-order valence-corrected chi connectivity index (χ4v) is 1.72. The van der Waals surface area contributed by atoms with Gasteiger partial charge in [-0.25, -0.2) is 0 Å². The van der Waals surface area contributed by atoms with Gasteiger partial charge in [-0.2, -0.15) is 0 Å². The van der Waals surface area contributed by atoms with Gasteiger partial charge in [-0.3, -0.25) is 0 Å². The molecule has 67 valence electrons. The Labute approximate surface area is 78.4 Å². The van der Waals surface area contributed by atoms with E-state index in [0.29, 0.717) is 0 Å². The molecule has 0 atom stereocenters. The van der Waals surface area contributed by atoms with Crippen LogP contribution >= 0.6 is 0 Å². The van der Waals surface area contributed by atoms with Crippen LogP contribution in [0.25, 0.3) is 5.52 Å². The molecular formula is C11H13N2. The van der Waals surface area contributed by atoms with Gasteiger partial charge in [-0.15, -0.1) is 0 Å². The van der Waals surface area contributed by atoms with Crippen LogP contribution in [0.15, 0.2) is 24.4 Å². The lowest BCUT2D eigenvalue weighted by Gasteiger charge is -2.12. The third kappa shape index (κ3) is 1.18. The summed E-state index contributed by atoms with van der Waals surface area (Å²) in [6.07, 6.45) is 5.31. The number of aromatic nitrogens is 1. The predicted octanol–water partition coefficient (Wildman–Crippen LogP) is 2.11. The zero-order valence-electron chi connectivity index (χ0n) is 8.20. The molecule has 2 aromatic heterocycles. The third-order valence-electron chi connectivity index (χ3n) is 2.19. The van der Waals surface area contributed by atoms with Crippen molar-refractivity contribution in [1.29, 1.82) is 0 Å². The second kappa shape index (κ2) is 2.80. The molecule has 0 fully saturated rings. The van der Waals surface area contributed by atoms with E-state index in [1.165, 1.54) is 16.8 Å². The highest BCUT2D eigenvalue weighted by atomic mass is 15.1. The molecule has 2 nitrogen and oxygen atoms in total.